The first kappa shape index (κ1) is 17.1. The van der Waals surface area contributed by atoms with Gasteiger partial charge in [-0.15, -0.1) is 10.2 Å². The molecule has 25 heavy (non-hydrogen) atoms. The first-order chi connectivity index (χ1) is 11.8. The second kappa shape index (κ2) is 6.63. The quantitative estimate of drug-likeness (QED) is 0.523. The van der Waals surface area contributed by atoms with E-state index in [-0.39, 0.29) is 17.1 Å². The number of nitrogens with one attached hydrogen (secondary N) is 1. The van der Waals surface area contributed by atoms with Crippen LogP contribution in [0, 0.1) is 0 Å². The Morgan fingerprint density at radius 1 is 1.40 bits per heavy atom. The van der Waals surface area contributed by atoms with E-state index in [0.29, 0.717) is 22.6 Å². The normalized spacial score (nSPS) is 11.6. The van der Waals surface area contributed by atoms with Gasteiger partial charge in [-0.05, 0) is 12.1 Å². The summed E-state index contributed by atoms with van der Waals surface area (Å²) >= 11 is 1.15. The van der Waals surface area contributed by atoms with Crippen molar-refractivity contribution in [2.75, 3.05) is 16.9 Å². The fraction of sp³-hybridized carbons (Fsp3) is 0.333. The minimum Gasteiger partial charge on any atom is -0.461 e. The molecule has 0 aromatic carbocycles. The predicted octanol–water partition coefficient (Wildman–Crippen LogP) is 2.27. The van der Waals surface area contributed by atoms with Crippen molar-refractivity contribution < 1.29 is 13.7 Å². The Morgan fingerprint density at radius 3 is 2.84 bits per heavy atom. The van der Waals surface area contributed by atoms with Gasteiger partial charge in [-0.1, -0.05) is 37.7 Å². The van der Waals surface area contributed by atoms with Crippen LogP contribution in [0.1, 0.15) is 26.5 Å². The highest BCUT2D eigenvalue weighted by molar-refractivity contribution is 7.99. The van der Waals surface area contributed by atoms with Crippen LogP contribution in [0.4, 0.5) is 5.88 Å². The molecule has 132 valence electrons. The van der Waals surface area contributed by atoms with Gasteiger partial charge in [-0.2, -0.15) is 0 Å². The molecule has 0 unspecified atom stereocenters. The van der Waals surface area contributed by atoms with E-state index < -0.39 is 0 Å². The molecule has 0 aliphatic carbocycles. The lowest BCUT2D eigenvalue weighted by Gasteiger charge is -2.12. The fourth-order valence-corrected chi connectivity index (χ4v) is 2.60. The number of nitrogen functional groups attached to an aromatic ring is 1. The van der Waals surface area contributed by atoms with Gasteiger partial charge < -0.3 is 14.8 Å². The number of nitrogens with two attached hydrogens (primary N) is 1. The number of nitrogens with zero attached hydrogens (tertiary/aromatic N) is 4. The molecule has 0 bridgehead atoms. The maximum Gasteiger partial charge on any atom is 0.237 e. The summed E-state index contributed by atoms with van der Waals surface area (Å²) in [7, 11) is 0. The van der Waals surface area contributed by atoms with Crippen LogP contribution in [0.2, 0.25) is 0 Å². The van der Waals surface area contributed by atoms with Crippen molar-refractivity contribution in [3.63, 3.8) is 0 Å². The van der Waals surface area contributed by atoms with E-state index in [1.807, 2.05) is 20.8 Å². The Kier molecular flexibility index (Phi) is 4.53. The second-order valence-corrected chi connectivity index (χ2v) is 7.26. The topological polar surface area (TPSA) is 125 Å². The van der Waals surface area contributed by atoms with Crippen LogP contribution in [0.25, 0.3) is 11.6 Å². The van der Waals surface area contributed by atoms with Gasteiger partial charge in [-0.3, -0.25) is 10.1 Å². The van der Waals surface area contributed by atoms with Crippen molar-refractivity contribution in [1.29, 1.82) is 0 Å². The molecule has 10 heteroatoms. The van der Waals surface area contributed by atoms with Gasteiger partial charge in [0.2, 0.25) is 22.8 Å². The monoisotopic (exact) mass is 362 g/mol. The molecule has 0 spiro atoms. The van der Waals surface area contributed by atoms with Gasteiger partial charge in [0.15, 0.2) is 5.76 Å². The molecule has 9 nitrogen and oxygen atoms in total. The third kappa shape index (κ3) is 3.85. The molecule has 1 amide bonds. The van der Waals surface area contributed by atoms with Crippen LogP contribution in [0.3, 0.4) is 0 Å². The summed E-state index contributed by atoms with van der Waals surface area (Å²) in [5.41, 5.74) is 0.611. The van der Waals surface area contributed by atoms with E-state index in [2.05, 4.69) is 20.7 Å². The fourth-order valence-electron chi connectivity index (χ4n) is 1.94. The van der Waals surface area contributed by atoms with Crippen LogP contribution in [0.5, 0.6) is 0 Å². The number of hydrogen-bond donors (Lipinski definition) is 2. The highest BCUT2D eigenvalue weighted by atomic mass is 32.2. The number of carbonyl (C=O) groups excluding carboxylic acids is 1. The molecule has 3 heterocycles. The highest BCUT2D eigenvalue weighted by Crippen LogP contribution is 2.24. The Labute approximate surface area is 147 Å². The minimum atomic E-state index is -0.260. The number of amides is 1. The molecule has 0 aliphatic heterocycles. The predicted molar refractivity (Wildman–Crippen MR) is 92.4 cm³/mol. The van der Waals surface area contributed by atoms with E-state index in [0.717, 1.165) is 17.5 Å². The zero-order valence-electron chi connectivity index (χ0n) is 14.0. The Hall–Kier alpha value is -2.75. The lowest BCUT2D eigenvalue weighted by molar-refractivity contribution is -0.113. The average molecular weight is 362 g/mol. The largest absolute Gasteiger partial charge is 0.461 e. The molecule has 0 fully saturated rings. The van der Waals surface area contributed by atoms with E-state index >= 15 is 0 Å². The first-order valence-corrected chi connectivity index (χ1v) is 8.47. The molecular formula is C15H18N6O3S. The first-order valence-electron chi connectivity index (χ1n) is 7.49. The summed E-state index contributed by atoms with van der Waals surface area (Å²) in [6.45, 7) is 6.03. The smallest absolute Gasteiger partial charge is 0.237 e. The number of rotatable bonds is 5. The third-order valence-corrected chi connectivity index (χ3v) is 4.22. The van der Waals surface area contributed by atoms with Crippen LogP contribution in [-0.4, -0.2) is 31.7 Å². The van der Waals surface area contributed by atoms with Crippen molar-refractivity contribution in [2.45, 2.75) is 31.3 Å². The Morgan fingerprint density at radius 2 is 2.20 bits per heavy atom. The van der Waals surface area contributed by atoms with E-state index in [1.54, 1.807) is 18.2 Å². The SMILES string of the molecule is CC(C)(C)c1cc(NC(=O)CSc2nnc(-c3ccco3)n2N)on1. The van der Waals surface area contributed by atoms with Crippen molar-refractivity contribution in [2.24, 2.45) is 0 Å². The summed E-state index contributed by atoms with van der Waals surface area (Å²) in [5.74, 6) is 6.97. The van der Waals surface area contributed by atoms with Gasteiger partial charge >= 0.3 is 0 Å². The number of aromatic nitrogens is 4. The average Bonchev–Trinajstić information content (AvgIpc) is 3.25. The van der Waals surface area contributed by atoms with Crippen molar-refractivity contribution in [3.8, 4) is 11.6 Å². The third-order valence-electron chi connectivity index (χ3n) is 3.28. The van der Waals surface area contributed by atoms with Crippen LogP contribution in [-0.2, 0) is 10.2 Å². The van der Waals surface area contributed by atoms with Gasteiger partial charge in [0.25, 0.3) is 0 Å². The maximum absolute atomic E-state index is 12.1. The Balaban J connectivity index is 1.59. The van der Waals surface area contributed by atoms with Gasteiger partial charge in [-0.25, -0.2) is 4.68 Å². The van der Waals surface area contributed by atoms with Gasteiger partial charge in [0, 0.05) is 11.5 Å². The zero-order valence-corrected chi connectivity index (χ0v) is 14.8. The van der Waals surface area contributed by atoms with Crippen LogP contribution >= 0.6 is 11.8 Å². The molecule has 0 aliphatic rings. The second-order valence-electron chi connectivity index (χ2n) is 6.32. The summed E-state index contributed by atoms with van der Waals surface area (Å²) in [5, 5.41) is 14.9. The van der Waals surface area contributed by atoms with Crippen LogP contribution in [0.15, 0.2) is 38.6 Å². The molecule has 0 saturated heterocycles. The lowest BCUT2D eigenvalue weighted by Crippen LogP contribution is -2.16. The molecule has 3 N–H and O–H groups in total. The highest BCUT2D eigenvalue weighted by Gasteiger charge is 2.20. The number of furan rings is 1. The maximum atomic E-state index is 12.1. The molecule has 0 saturated carbocycles. The van der Waals surface area contributed by atoms with Gasteiger partial charge in [0.05, 0.1) is 17.7 Å². The van der Waals surface area contributed by atoms with Crippen molar-refractivity contribution in [1.82, 2.24) is 20.0 Å². The van der Waals surface area contributed by atoms with E-state index in [4.69, 9.17) is 14.8 Å². The molecule has 0 radical (unpaired) electrons. The van der Waals surface area contributed by atoms with Crippen LogP contribution < -0.4 is 11.2 Å². The lowest BCUT2D eigenvalue weighted by atomic mass is 9.92. The number of anilines is 1. The molecular weight excluding hydrogens is 344 g/mol. The zero-order chi connectivity index (χ0) is 18.0. The van der Waals surface area contributed by atoms with E-state index in [1.165, 1.54) is 10.9 Å². The molecule has 3 aromatic rings. The van der Waals surface area contributed by atoms with Crippen molar-refractivity contribution >= 4 is 23.6 Å². The van der Waals surface area contributed by atoms with E-state index in [9.17, 15) is 4.79 Å². The summed E-state index contributed by atoms with van der Waals surface area (Å²) in [6.07, 6.45) is 1.52. The Bertz CT molecular complexity index is 862. The number of thioether (sulfide) groups is 1. The molecule has 3 aromatic heterocycles. The summed E-state index contributed by atoms with van der Waals surface area (Å²) in [4.78, 5) is 12.1. The summed E-state index contributed by atoms with van der Waals surface area (Å²) < 4.78 is 11.6. The summed E-state index contributed by atoms with van der Waals surface area (Å²) in [6, 6.07) is 5.17. The molecule has 3 rings (SSSR count). The molecule has 0 atom stereocenters. The number of carbonyl (C=O) groups is 1. The standard InChI is InChI=1S/C15H18N6O3S/c1-15(2,3)10-7-12(24-20-10)17-11(22)8-25-14-19-18-13(21(14)16)9-5-4-6-23-9/h4-7H,8,16H2,1-3H3,(H,17,22). The number of hydrogen-bond acceptors (Lipinski definition) is 8. The minimum absolute atomic E-state index is 0.0963. The van der Waals surface area contributed by atoms with Gasteiger partial charge in [0.1, 0.15) is 0 Å². The van der Waals surface area contributed by atoms with Crippen molar-refractivity contribution in [3.05, 3.63) is 30.2 Å².